The summed E-state index contributed by atoms with van der Waals surface area (Å²) in [6, 6.07) is 1.54. The third-order valence-electron chi connectivity index (χ3n) is 10.2. The zero-order chi connectivity index (χ0) is 32.3. The number of nitrogens with zero attached hydrogens (tertiary/aromatic N) is 6. The summed E-state index contributed by atoms with van der Waals surface area (Å²) in [6.45, 7) is 37.6. The van der Waals surface area contributed by atoms with Gasteiger partial charge in [0.1, 0.15) is 0 Å². The van der Waals surface area contributed by atoms with Gasteiger partial charge >= 0.3 is 0 Å². The first-order valence-electron chi connectivity index (χ1n) is 18.8. The summed E-state index contributed by atoms with van der Waals surface area (Å²) in [5.41, 5.74) is 0. The molecule has 4 aliphatic rings. The number of ether oxygens (including phenoxy) is 2. The van der Waals surface area contributed by atoms with Crippen LogP contribution in [0.5, 0.6) is 0 Å². The van der Waals surface area contributed by atoms with Gasteiger partial charge in [0, 0.05) is 84.1 Å². The highest BCUT2D eigenvalue weighted by Crippen LogP contribution is 2.20. The van der Waals surface area contributed by atoms with Gasteiger partial charge in [0.15, 0.2) is 0 Å². The van der Waals surface area contributed by atoms with Crippen molar-refractivity contribution in [1.29, 1.82) is 0 Å². The Bertz CT molecular complexity index is 666. The zero-order valence-electron chi connectivity index (χ0n) is 30.9. The van der Waals surface area contributed by atoms with E-state index in [0.29, 0.717) is 18.2 Å². The Hall–Kier alpha value is -0.320. The Balaban J connectivity index is 0.000000292. The molecule has 0 aliphatic carbocycles. The zero-order valence-corrected chi connectivity index (χ0v) is 30.9. The molecule has 4 saturated heterocycles. The molecule has 262 valence electrons. The average Bonchev–Trinajstić information content (AvgIpc) is 3.04. The Kier molecular flexibility index (Phi) is 20.9. The number of likely N-dealkylation sites (tertiary alicyclic amines) is 2. The maximum Gasteiger partial charge on any atom is 0.0597 e. The second-order valence-corrected chi connectivity index (χ2v) is 14.1. The molecule has 0 bridgehead atoms. The van der Waals surface area contributed by atoms with Crippen molar-refractivity contribution >= 4 is 0 Å². The van der Waals surface area contributed by atoms with E-state index in [1.54, 1.807) is 0 Å². The van der Waals surface area contributed by atoms with Crippen LogP contribution in [0.15, 0.2) is 0 Å². The van der Waals surface area contributed by atoms with E-state index in [4.69, 9.17) is 9.47 Å². The molecule has 0 amide bonds. The Morgan fingerprint density at radius 1 is 0.614 bits per heavy atom. The van der Waals surface area contributed by atoms with E-state index in [0.717, 1.165) is 44.7 Å². The van der Waals surface area contributed by atoms with Crippen LogP contribution < -0.4 is 0 Å². The lowest BCUT2D eigenvalue weighted by Crippen LogP contribution is -2.53. The van der Waals surface area contributed by atoms with Gasteiger partial charge in [-0.1, -0.05) is 20.8 Å². The van der Waals surface area contributed by atoms with Gasteiger partial charge in [-0.05, 0) is 106 Å². The highest BCUT2D eigenvalue weighted by molar-refractivity contribution is 4.83. The first-order valence-corrected chi connectivity index (χ1v) is 18.8. The van der Waals surface area contributed by atoms with E-state index >= 15 is 0 Å². The van der Waals surface area contributed by atoms with Gasteiger partial charge in [-0.15, -0.1) is 0 Å². The van der Waals surface area contributed by atoms with Crippen LogP contribution in [0.3, 0.4) is 0 Å². The molecule has 4 fully saturated rings. The molecule has 1 atom stereocenters. The fraction of sp³-hybridized carbons (Fsp3) is 1.00. The molecule has 44 heavy (non-hydrogen) atoms. The van der Waals surface area contributed by atoms with E-state index in [9.17, 15) is 0 Å². The normalized spacial score (nSPS) is 23.8. The van der Waals surface area contributed by atoms with Crippen molar-refractivity contribution in [3.8, 4) is 0 Å². The standard InChI is InChI=1S/C18H37N3O.C16H33N3O.C2H6/c1-16(2)21-11-9-20(10-12-21)15-18-5-7-19(8-6-18)13-14-22-17(3)4;1-4-15(2)20-14-13-18-9-11-19(12-10-18)16-5-7-17(3)8-6-16;1-2/h16-18H,5-15H2,1-4H3;15-16H,4-14H2,1-3H3;1-2H3. The van der Waals surface area contributed by atoms with Gasteiger partial charge in [-0.3, -0.25) is 14.7 Å². The number of piperidine rings is 2. The summed E-state index contributed by atoms with van der Waals surface area (Å²) in [4.78, 5) is 15.6. The third kappa shape index (κ3) is 16.0. The van der Waals surface area contributed by atoms with Crippen LogP contribution in [0.1, 0.15) is 87.5 Å². The molecule has 4 heterocycles. The van der Waals surface area contributed by atoms with Gasteiger partial charge in [-0.25, -0.2) is 0 Å². The number of rotatable bonds is 13. The summed E-state index contributed by atoms with van der Waals surface area (Å²) in [7, 11) is 2.24. The average molecular weight is 625 g/mol. The second kappa shape index (κ2) is 23.1. The Labute approximate surface area is 274 Å². The van der Waals surface area contributed by atoms with Crippen LogP contribution in [0.2, 0.25) is 0 Å². The molecule has 0 saturated carbocycles. The highest BCUT2D eigenvalue weighted by atomic mass is 16.5. The van der Waals surface area contributed by atoms with Crippen LogP contribution in [0.4, 0.5) is 0 Å². The Morgan fingerprint density at radius 3 is 1.66 bits per heavy atom. The fourth-order valence-corrected chi connectivity index (χ4v) is 6.85. The van der Waals surface area contributed by atoms with Gasteiger partial charge < -0.3 is 24.2 Å². The number of piperazine rings is 2. The van der Waals surface area contributed by atoms with Gasteiger partial charge in [0.25, 0.3) is 0 Å². The fourth-order valence-electron chi connectivity index (χ4n) is 6.85. The van der Waals surface area contributed by atoms with Crippen LogP contribution in [0, 0.1) is 5.92 Å². The first-order chi connectivity index (χ1) is 21.2. The van der Waals surface area contributed by atoms with Crippen molar-refractivity contribution in [2.45, 2.75) is 112 Å². The summed E-state index contributed by atoms with van der Waals surface area (Å²) in [5.74, 6) is 0.910. The summed E-state index contributed by atoms with van der Waals surface area (Å²) < 4.78 is 11.5. The van der Waals surface area contributed by atoms with E-state index in [2.05, 4.69) is 78.0 Å². The van der Waals surface area contributed by atoms with Crippen molar-refractivity contribution in [3.63, 3.8) is 0 Å². The molecule has 0 aromatic rings. The summed E-state index contributed by atoms with van der Waals surface area (Å²) in [6.07, 6.45) is 7.33. The highest BCUT2D eigenvalue weighted by Gasteiger charge is 2.27. The summed E-state index contributed by atoms with van der Waals surface area (Å²) in [5, 5.41) is 0. The van der Waals surface area contributed by atoms with E-state index in [1.165, 1.54) is 111 Å². The third-order valence-corrected chi connectivity index (χ3v) is 10.2. The molecule has 0 spiro atoms. The minimum Gasteiger partial charge on any atom is -0.377 e. The molecule has 0 aromatic heterocycles. The first kappa shape index (κ1) is 39.9. The Morgan fingerprint density at radius 2 is 1.14 bits per heavy atom. The molecule has 4 rings (SSSR count). The topological polar surface area (TPSA) is 37.9 Å². The lowest BCUT2D eigenvalue weighted by molar-refractivity contribution is 0.0229. The molecule has 0 N–H and O–H groups in total. The molecule has 0 radical (unpaired) electrons. The predicted octanol–water partition coefficient (Wildman–Crippen LogP) is 4.69. The maximum absolute atomic E-state index is 5.79. The number of hydrogen-bond acceptors (Lipinski definition) is 8. The minimum absolute atomic E-state index is 0.363. The molecule has 0 aromatic carbocycles. The van der Waals surface area contributed by atoms with Crippen molar-refractivity contribution < 1.29 is 9.47 Å². The second-order valence-electron chi connectivity index (χ2n) is 14.1. The molecule has 8 nitrogen and oxygen atoms in total. The van der Waals surface area contributed by atoms with Crippen molar-refractivity contribution in [2.75, 3.05) is 118 Å². The van der Waals surface area contributed by atoms with Crippen LogP contribution in [0.25, 0.3) is 0 Å². The minimum atomic E-state index is 0.363. The summed E-state index contributed by atoms with van der Waals surface area (Å²) >= 11 is 0. The van der Waals surface area contributed by atoms with Crippen molar-refractivity contribution in [3.05, 3.63) is 0 Å². The van der Waals surface area contributed by atoms with E-state index in [1.807, 2.05) is 13.8 Å². The van der Waals surface area contributed by atoms with E-state index < -0.39 is 0 Å². The van der Waals surface area contributed by atoms with Crippen LogP contribution in [-0.2, 0) is 9.47 Å². The van der Waals surface area contributed by atoms with Gasteiger partial charge in [0.2, 0.25) is 0 Å². The molecule has 8 heteroatoms. The lowest BCUT2D eigenvalue weighted by atomic mass is 9.96. The monoisotopic (exact) mass is 625 g/mol. The molecule has 1 unspecified atom stereocenters. The molecule has 4 aliphatic heterocycles. The van der Waals surface area contributed by atoms with Crippen LogP contribution >= 0.6 is 0 Å². The molecular weight excluding hydrogens is 548 g/mol. The number of hydrogen-bond donors (Lipinski definition) is 0. The SMILES string of the molecule is CC.CC(C)OCCN1CCC(CN2CCN(C(C)C)CC2)CC1.CCC(C)OCCN1CCN(C2CCN(C)CC2)CC1. The van der Waals surface area contributed by atoms with Crippen molar-refractivity contribution in [1.82, 2.24) is 29.4 Å². The quantitative estimate of drug-likeness (QED) is 0.292. The van der Waals surface area contributed by atoms with E-state index in [-0.39, 0.29) is 0 Å². The largest absolute Gasteiger partial charge is 0.377 e. The van der Waals surface area contributed by atoms with Gasteiger partial charge in [-0.2, -0.15) is 0 Å². The van der Waals surface area contributed by atoms with Crippen LogP contribution in [-0.4, -0.2) is 172 Å². The van der Waals surface area contributed by atoms with Crippen molar-refractivity contribution in [2.24, 2.45) is 5.92 Å². The maximum atomic E-state index is 5.79. The predicted molar refractivity (Wildman–Crippen MR) is 189 cm³/mol. The smallest absolute Gasteiger partial charge is 0.0597 e. The lowest BCUT2D eigenvalue weighted by Gasteiger charge is -2.42. The molecular formula is C36H76N6O2. The van der Waals surface area contributed by atoms with Gasteiger partial charge in [0.05, 0.1) is 25.4 Å².